The molecular formula is C14H25NO4. The molecule has 110 valence electrons. The number of hydrogen-bond donors (Lipinski definition) is 2. The van der Waals surface area contributed by atoms with Crippen LogP contribution in [0.25, 0.3) is 0 Å². The van der Waals surface area contributed by atoms with Gasteiger partial charge in [0.2, 0.25) is 0 Å². The molecule has 2 rings (SSSR count). The lowest BCUT2D eigenvalue weighted by Crippen LogP contribution is -2.53. The molecule has 0 aromatic rings. The number of hydrogen-bond acceptors (Lipinski definition) is 4. The minimum Gasteiger partial charge on any atom is -0.480 e. The lowest BCUT2D eigenvalue weighted by molar-refractivity contribution is -0.146. The molecule has 0 aromatic heterocycles. The van der Waals surface area contributed by atoms with Crippen molar-refractivity contribution in [1.82, 2.24) is 5.32 Å². The number of likely N-dealkylation sites (N-methyl/N-ethyl adjacent to an activating group) is 1. The SMILES string of the molecule is CNC1(C(=O)O)CCCC1CCOCC1CCOC1. The Balaban J connectivity index is 1.73. The zero-order valence-corrected chi connectivity index (χ0v) is 11.7. The Kier molecular flexibility index (Phi) is 5.19. The summed E-state index contributed by atoms with van der Waals surface area (Å²) in [5.74, 6) is -0.0198. The van der Waals surface area contributed by atoms with E-state index in [2.05, 4.69) is 5.32 Å². The molecule has 3 unspecified atom stereocenters. The molecule has 2 fully saturated rings. The van der Waals surface area contributed by atoms with E-state index in [4.69, 9.17) is 9.47 Å². The monoisotopic (exact) mass is 271 g/mol. The maximum atomic E-state index is 11.5. The average Bonchev–Trinajstić information content (AvgIpc) is 3.04. The highest BCUT2D eigenvalue weighted by atomic mass is 16.5. The van der Waals surface area contributed by atoms with Crippen LogP contribution in [0.15, 0.2) is 0 Å². The van der Waals surface area contributed by atoms with Gasteiger partial charge in [-0.2, -0.15) is 0 Å². The lowest BCUT2D eigenvalue weighted by atomic mass is 9.85. The fourth-order valence-electron chi connectivity index (χ4n) is 3.38. The summed E-state index contributed by atoms with van der Waals surface area (Å²) in [5.41, 5.74) is -0.736. The molecule has 1 saturated heterocycles. The van der Waals surface area contributed by atoms with Gasteiger partial charge in [0.15, 0.2) is 0 Å². The van der Waals surface area contributed by atoms with Crippen LogP contribution in [0.1, 0.15) is 32.1 Å². The zero-order chi connectivity index (χ0) is 13.7. The molecule has 0 spiro atoms. The van der Waals surface area contributed by atoms with E-state index in [0.29, 0.717) is 12.5 Å². The van der Waals surface area contributed by atoms with Crippen LogP contribution < -0.4 is 5.32 Å². The highest BCUT2D eigenvalue weighted by Crippen LogP contribution is 2.38. The first kappa shape index (κ1) is 14.8. The number of nitrogens with one attached hydrogen (secondary N) is 1. The summed E-state index contributed by atoms with van der Waals surface area (Å²) in [5, 5.41) is 12.5. The minimum atomic E-state index is -0.736. The molecule has 0 amide bonds. The molecule has 2 N–H and O–H groups in total. The lowest BCUT2D eigenvalue weighted by Gasteiger charge is -2.31. The van der Waals surface area contributed by atoms with Gasteiger partial charge in [-0.3, -0.25) is 4.79 Å². The van der Waals surface area contributed by atoms with Gasteiger partial charge in [0.1, 0.15) is 5.54 Å². The van der Waals surface area contributed by atoms with Crippen LogP contribution in [-0.4, -0.2) is 50.1 Å². The van der Waals surface area contributed by atoms with Crippen molar-refractivity contribution in [3.05, 3.63) is 0 Å². The largest absolute Gasteiger partial charge is 0.480 e. The number of carbonyl (C=O) groups is 1. The van der Waals surface area contributed by atoms with Crippen molar-refractivity contribution in [2.24, 2.45) is 11.8 Å². The summed E-state index contributed by atoms with van der Waals surface area (Å²) < 4.78 is 11.0. The first-order valence-corrected chi connectivity index (χ1v) is 7.27. The maximum absolute atomic E-state index is 11.5. The third-order valence-corrected chi connectivity index (χ3v) is 4.64. The van der Waals surface area contributed by atoms with Gasteiger partial charge in [-0.05, 0) is 38.6 Å². The van der Waals surface area contributed by atoms with Gasteiger partial charge >= 0.3 is 5.97 Å². The first-order chi connectivity index (χ1) is 9.19. The molecule has 1 aliphatic heterocycles. The summed E-state index contributed by atoms with van der Waals surface area (Å²) in [6.07, 6.45) is 4.58. The molecule has 0 bridgehead atoms. The second kappa shape index (κ2) is 6.68. The quantitative estimate of drug-likeness (QED) is 0.683. The summed E-state index contributed by atoms with van der Waals surface area (Å²) in [6, 6.07) is 0. The van der Waals surface area contributed by atoms with Crippen molar-refractivity contribution in [3.8, 4) is 0 Å². The molecule has 5 heteroatoms. The second-order valence-corrected chi connectivity index (χ2v) is 5.71. The van der Waals surface area contributed by atoms with Gasteiger partial charge in [-0.15, -0.1) is 0 Å². The highest BCUT2D eigenvalue weighted by Gasteiger charge is 2.47. The maximum Gasteiger partial charge on any atom is 0.324 e. The fourth-order valence-corrected chi connectivity index (χ4v) is 3.38. The van der Waals surface area contributed by atoms with Crippen molar-refractivity contribution < 1.29 is 19.4 Å². The predicted octanol–water partition coefficient (Wildman–Crippen LogP) is 1.27. The van der Waals surface area contributed by atoms with Gasteiger partial charge in [0, 0.05) is 19.1 Å². The Morgan fingerprint density at radius 2 is 2.37 bits per heavy atom. The summed E-state index contributed by atoms with van der Waals surface area (Å²) in [4.78, 5) is 11.5. The molecular weight excluding hydrogens is 246 g/mol. The van der Waals surface area contributed by atoms with Gasteiger partial charge in [0.25, 0.3) is 0 Å². The van der Waals surface area contributed by atoms with Crippen LogP contribution in [0.3, 0.4) is 0 Å². The van der Waals surface area contributed by atoms with Crippen molar-refractivity contribution in [2.45, 2.75) is 37.6 Å². The normalized spacial score (nSPS) is 34.8. The van der Waals surface area contributed by atoms with Crippen LogP contribution in [0.2, 0.25) is 0 Å². The summed E-state index contributed by atoms with van der Waals surface area (Å²) in [7, 11) is 1.75. The van der Waals surface area contributed by atoms with E-state index >= 15 is 0 Å². The molecule has 2 aliphatic rings. The smallest absolute Gasteiger partial charge is 0.324 e. The van der Waals surface area contributed by atoms with Gasteiger partial charge in [0.05, 0.1) is 13.2 Å². The Bertz CT molecular complexity index is 304. The van der Waals surface area contributed by atoms with Crippen molar-refractivity contribution >= 4 is 5.97 Å². The van der Waals surface area contributed by atoms with Gasteiger partial charge in [-0.25, -0.2) is 0 Å². The van der Waals surface area contributed by atoms with Crippen molar-refractivity contribution in [2.75, 3.05) is 33.5 Å². The topological polar surface area (TPSA) is 67.8 Å². The number of ether oxygens (including phenoxy) is 2. The third-order valence-electron chi connectivity index (χ3n) is 4.64. The minimum absolute atomic E-state index is 0.176. The van der Waals surface area contributed by atoms with E-state index in [1.54, 1.807) is 7.05 Å². The Morgan fingerprint density at radius 1 is 1.53 bits per heavy atom. The van der Waals surface area contributed by atoms with Crippen molar-refractivity contribution in [1.29, 1.82) is 0 Å². The van der Waals surface area contributed by atoms with Crippen LogP contribution in [0.5, 0.6) is 0 Å². The molecule has 0 aromatic carbocycles. The van der Waals surface area contributed by atoms with E-state index in [9.17, 15) is 9.90 Å². The molecule has 1 saturated carbocycles. The standard InChI is InChI=1S/C14H25NO4/c1-15-14(13(16)17)6-2-3-12(14)5-8-19-10-11-4-7-18-9-11/h11-12,15H,2-10H2,1H3,(H,16,17). The number of aliphatic carboxylic acids is 1. The molecule has 0 radical (unpaired) electrons. The zero-order valence-electron chi connectivity index (χ0n) is 11.7. The van der Waals surface area contributed by atoms with Crippen LogP contribution >= 0.6 is 0 Å². The number of carboxylic acids is 1. The Labute approximate surface area is 114 Å². The molecule has 1 aliphatic carbocycles. The Hall–Kier alpha value is -0.650. The van der Waals surface area contributed by atoms with Crippen LogP contribution in [0, 0.1) is 11.8 Å². The van der Waals surface area contributed by atoms with Gasteiger partial charge < -0.3 is 19.9 Å². The predicted molar refractivity (Wildman–Crippen MR) is 71.1 cm³/mol. The van der Waals surface area contributed by atoms with E-state index in [0.717, 1.165) is 51.9 Å². The van der Waals surface area contributed by atoms with E-state index in [-0.39, 0.29) is 5.92 Å². The van der Waals surface area contributed by atoms with E-state index < -0.39 is 11.5 Å². The number of rotatable bonds is 7. The average molecular weight is 271 g/mol. The fraction of sp³-hybridized carbons (Fsp3) is 0.929. The van der Waals surface area contributed by atoms with Gasteiger partial charge in [-0.1, -0.05) is 6.42 Å². The van der Waals surface area contributed by atoms with E-state index in [1.165, 1.54) is 0 Å². The van der Waals surface area contributed by atoms with Crippen LogP contribution in [-0.2, 0) is 14.3 Å². The summed E-state index contributed by atoms with van der Waals surface area (Å²) in [6.45, 7) is 3.04. The molecule has 5 nitrogen and oxygen atoms in total. The highest BCUT2D eigenvalue weighted by molar-refractivity contribution is 5.79. The van der Waals surface area contributed by atoms with Crippen molar-refractivity contribution in [3.63, 3.8) is 0 Å². The third kappa shape index (κ3) is 3.27. The molecule has 1 heterocycles. The molecule has 19 heavy (non-hydrogen) atoms. The second-order valence-electron chi connectivity index (χ2n) is 5.71. The first-order valence-electron chi connectivity index (χ1n) is 7.27. The summed E-state index contributed by atoms with van der Waals surface area (Å²) >= 11 is 0. The number of carboxylic acid groups (broad SMARTS) is 1. The van der Waals surface area contributed by atoms with Crippen LogP contribution in [0.4, 0.5) is 0 Å². The Morgan fingerprint density at radius 3 is 3.00 bits per heavy atom. The van der Waals surface area contributed by atoms with E-state index in [1.807, 2.05) is 0 Å². The molecule has 3 atom stereocenters.